The zero-order valence-corrected chi connectivity index (χ0v) is 15.9. The van der Waals surface area contributed by atoms with Crippen molar-refractivity contribution < 1.29 is 17.9 Å². The van der Waals surface area contributed by atoms with Gasteiger partial charge in [0.1, 0.15) is 6.10 Å². The third-order valence-electron chi connectivity index (χ3n) is 5.53. The minimum atomic E-state index is -4.05. The van der Waals surface area contributed by atoms with Crippen molar-refractivity contribution in [1.29, 1.82) is 0 Å². The summed E-state index contributed by atoms with van der Waals surface area (Å²) in [4.78, 5) is 6.50. The Kier molecular flexibility index (Phi) is 6.29. The molecular formula is C18H28F3N5O. The van der Waals surface area contributed by atoms with E-state index < -0.39 is 12.1 Å². The molecule has 27 heavy (non-hydrogen) atoms. The highest BCUT2D eigenvalue weighted by Gasteiger charge is 2.41. The lowest BCUT2D eigenvalue weighted by molar-refractivity contribution is -0.183. The van der Waals surface area contributed by atoms with E-state index in [-0.39, 0.29) is 24.9 Å². The van der Waals surface area contributed by atoms with E-state index in [0.29, 0.717) is 32.5 Å². The Morgan fingerprint density at radius 3 is 2.67 bits per heavy atom. The maximum absolute atomic E-state index is 12.8. The summed E-state index contributed by atoms with van der Waals surface area (Å²) in [5.74, 6) is -0.0896. The summed E-state index contributed by atoms with van der Waals surface area (Å²) >= 11 is 0. The molecule has 0 amide bonds. The molecule has 1 aliphatic heterocycles. The molecule has 1 atom stereocenters. The van der Waals surface area contributed by atoms with Gasteiger partial charge in [-0.2, -0.15) is 18.3 Å². The topological polar surface area (TPSA) is 54.7 Å². The second kappa shape index (κ2) is 8.50. The normalized spacial score (nSPS) is 27.7. The Balaban J connectivity index is 1.49. The molecule has 1 aliphatic carbocycles. The zero-order chi connectivity index (χ0) is 19.4. The molecule has 152 valence electrons. The Labute approximate surface area is 157 Å². The van der Waals surface area contributed by atoms with Crippen LogP contribution in [0.2, 0.25) is 0 Å². The fourth-order valence-corrected chi connectivity index (χ4v) is 3.91. The summed E-state index contributed by atoms with van der Waals surface area (Å²) in [7, 11) is 3.61. The van der Waals surface area contributed by atoms with Crippen LogP contribution in [0.4, 0.5) is 13.2 Å². The van der Waals surface area contributed by atoms with Crippen molar-refractivity contribution in [2.24, 2.45) is 23.9 Å². The summed E-state index contributed by atoms with van der Waals surface area (Å²) in [6.07, 6.45) is 1.32. The Morgan fingerprint density at radius 2 is 2.07 bits per heavy atom. The van der Waals surface area contributed by atoms with E-state index in [4.69, 9.17) is 4.74 Å². The summed E-state index contributed by atoms with van der Waals surface area (Å²) in [5.41, 5.74) is 1.03. The van der Waals surface area contributed by atoms with Crippen molar-refractivity contribution in [3.05, 3.63) is 18.0 Å². The maximum atomic E-state index is 12.8. The van der Waals surface area contributed by atoms with Crippen LogP contribution in [0.15, 0.2) is 17.4 Å². The van der Waals surface area contributed by atoms with Gasteiger partial charge in [0.2, 0.25) is 0 Å². The van der Waals surface area contributed by atoms with Crippen molar-refractivity contribution in [1.82, 2.24) is 20.0 Å². The number of morpholine rings is 1. The zero-order valence-electron chi connectivity index (χ0n) is 15.9. The summed E-state index contributed by atoms with van der Waals surface area (Å²) in [5, 5.41) is 7.55. The van der Waals surface area contributed by atoms with Crippen LogP contribution < -0.4 is 5.32 Å². The highest BCUT2D eigenvalue weighted by Crippen LogP contribution is 2.39. The van der Waals surface area contributed by atoms with Gasteiger partial charge in [-0.1, -0.05) is 0 Å². The first-order valence-electron chi connectivity index (χ1n) is 9.49. The molecule has 0 spiro atoms. The molecule has 1 aromatic rings. The number of hydrogen-bond acceptors (Lipinski definition) is 3. The number of nitrogens with zero attached hydrogens (tertiary/aromatic N) is 4. The predicted octanol–water partition coefficient (Wildman–Crippen LogP) is 2.74. The van der Waals surface area contributed by atoms with Crippen LogP contribution in [-0.4, -0.2) is 60.1 Å². The molecule has 0 bridgehead atoms. The van der Waals surface area contributed by atoms with Gasteiger partial charge < -0.3 is 15.0 Å². The lowest BCUT2D eigenvalue weighted by Crippen LogP contribution is -2.49. The maximum Gasteiger partial charge on any atom is 0.391 e. The minimum Gasteiger partial charge on any atom is -0.370 e. The second-order valence-electron chi connectivity index (χ2n) is 7.44. The van der Waals surface area contributed by atoms with Gasteiger partial charge in [0, 0.05) is 38.9 Å². The van der Waals surface area contributed by atoms with E-state index in [1.807, 2.05) is 19.4 Å². The number of aliphatic imine (C=N–C) groups is 1. The van der Waals surface area contributed by atoms with Crippen molar-refractivity contribution in [3.63, 3.8) is 0 Å². The average Bonchev–Trinajstić information content (AvgIpc) is 3.09. The van der Waals surface area contributed by atoms with Crippen molar-refractivity contribution in [2.45, 2.75) is 38.0 Å². The van der Waals surface area contributed by atoms with Crippen molar-refractivity contribution >= 4 is 5.96 Å². The highest BCUT2D eigenvalue weighted by molar-refractivity contribution is 5.80. The van der Waals surface area contributed by atoms with Gasteiger partial charge in [0.25, 0.3) is 0 Å². The summed E-state index contributed by atoms with van der Waals surface area (Å²) in [6, 6.07) is 0. The molecule has 2 fully saturated rings. The Bertz CT molecular complexity index is 637. The number of hydrogen-bond donors (Lipinski definition) is 1. The third-order valence-corrected chi connectivity index (χ3v) is 5.53. The van der Waals surface area contributed by atoms with Gasteiger partial charge in [0.15, 0.2) is 5.96 Å². The molecule has 1 N–H and O–H groups in total. The predicted molar refractivity (Wildman–Crippen MR) is 96.3 cm³/mol. The molecule has 1 unspecified atom stereocenters. The van der Waals surface area contributed by atoms with Crippen molar-refractivity contribution in [2.75, 3.05) is 33.3 Å². The molecule has 3 rings (SSSR count). The van der Waals surface area contributed by atoms with Gasteiger partial charge in [-0.25, -0.2) is 0 Å². The van der Waals surface area contributed by atoms with Crippen LogP contribution in [0.25, 0.3) is 0 Å². The minimum absolute atomic E-state index is 0.0618. The molecule has 2 heterocycles. The van der Waals surface area contributed by atoms with Crippen LogP contribution in [-0.2, 0) is 11.8 Å². The number of ether oxygens (including phenoxy) is 1. The van der Waals surface area contributed by atoms with E-state index in [9.17, 15) is 13.2 Å². The van der Waals surface area contributed by atoms with Crippen LogP contribution in [0.3, 0.4) is 0 Å². The number of aromatic nitrogens is 2. The van der Waals surface area contributed by atoms with E-state index in [1.54, 1.807) is 11.7 Å². The monoisotopic (exact) mass is 387 g/mol. The molecule has 1 saturated carbocycles. The molecular weight excluding hydrogens is 359 g/mol. The van der Waals surface area contributed by atoms with Crippen LogP contribution in [0.5, 0.6) is 0 Å². The Morgan fingerprint density at radius 1 is 1.33 bits per heavy atom. The molecule has 0 aromatic carbocycles. The summed E-state index contributed by atoms with van der Waals surface area (Å²) < 4.78 is 46.0. The van der Waals surface area contributed by atoms with Gasteiger partial charge in [0.05, 0.1) is 25.3 Å². The number of guanidine groups is 1. The molecule has 1 aromatic heterocycles. The van der Waals surface area contributed by atoms with Crippen molar-refractivity contribution in [3.8, 4) is 0 Å². The van der Waals surface area contributed by atoms with Crippen LogP contribution in [0, 0.1) is 11.8 Å². The number of alkyl halides is 3. The average molecular weight is 387 g/mol. The third kappa shape index (κ3) is 5.15. The fourth-order valence-electron chi connectivity index (χ4n) is 3.91. The second-order valence-corrected chi connectivity index (χ2v) is 7.44. The van der Waals surface area contributed by atoms with E-state index in [1.165, 1.54) is 0 Å². The number of halogens is 3. The molecule has 9 heteroatoms. The summed E-state index contributed by atoms with van der Waals surface area (Å²) in [6.45, 7) is 2.66. The largest absolute Gasteiger partial charge is 0.391 e. The highest BCUT2D eigenvalue weighted by atomic mass is 19.4. The fraction of sp³-hybridized carbons (Fsp3) is 0.778. The SMILES string of the molecule is CN=C(NCC1CCC(C(F)(F)F)CC1)N1CCOC(c2cnn(C)c2)C1. The smallest absolute Gasteiger partial charge is 0.370 e. The first-order valence-corrected chi connectivity index (χ1v) is 9.49. The van der Waals surface area contributed by atoms with Gasteiger partial charge in [-0.3, -0.25) is 9.67 Å². The van der Waals surface area contributed by atoms with Crippen LogP contribution in [0.1, 0.15) is 37.4 Å². The molecule has 0 radical (unpaired) electrons. The van der Waals surface area contributed by atoms with Crippen LogP contribution >= 0.6 is 0 Å². The first kappa shape index (κ1) is 20.0. The molecule has 2 aliphatic rings. The first-order chi connectivity index (χ1) is 12.9. The molecule has 1 saturated heterocycles. The van der Waals surface area contributed by atoms with E-state index >= 15 is 0 Å². The Hall–Kier alpha value is -1.77. The lowest BCUT2D eigenvalue weighted by atomic mass is 9.81. The van der Waals surface area contributed by atoms with Gasteiger partial charge in [-0.15, -0.1) is 0 Å². The van der Waals surface area contributed by atoms with Gasteiger partial charge in [-0.05, 0) is 31.6 Å². The van der Waals surface area contributed by atoms with Gasteiger partial charge >= 0.3 is 6.18 Å². The molecule has 6 nitrogen and oxygen atoms in total. The van der Waals surface area contributed by atoms with E-state index in [0.717, 1.165) is 18.1 Å². The number of aryl methyl sites for hydroxylation is 1. The van der Waals surface area contributed by atoms with E-state index in [2.05, 4.69) is 20.3 Å². The standard InChI is InChI=1S/C18H28F3N5O/c1-22-17(23-9-13-3-5-15(6-4-13)18(19,20)21)26-7-8-27-16(12-26)14-10-24-25(2)11-14/h10-11,13,15-16H,3-9,12H2,1-2H3,(H,22,23). The number of rotatable bonds is 3. The number of nitrogens with one attached hydrogen (secondary N) is 1. The quantitative estimate of drug-likeness (QED) is 0.640. The lowest BCUT2D eigenvalue weighted by Gasteiger charge is -2.36.